The molecule has 3 rings (SSSR count). The van der Waals surface area contributed by atoms with E-state index in [4.69, 9.17) is 13.9 Å². The topological polar surface area (TPSA) is 85.1 Å². The molecule has 8 nitrogen and oxygen atoms in total. The van der Waals surface area contributed by atoms with Crippen molar-refractivity contribution < 1.29 is 23.5 Å². The maximum atomic E-state index is 12.5. The number of hydrogen-bond donors (Lipinski definition) is 0. The lowest BCUT2D eigenvalue weighted by molar-refractivity contribution is -0.133. The highest BCUT2D eigenvalue weighted by Gasteiger charge is 2.27. The Bertz CT molecular complexity index is 862. The number of benzene rings is 1. The van der Waals surface area contributed by atoms with Crippen LogP contribution in [0.2, 0.25) is 0 Å². The number of nitrogens with zero attached hydrogens (tertiary/aromatic N) is 3. The van der Waals surface area contributed by atoms with Crippen LogP contribution in [0.3, 0.4) is 0 Å². The minimum Gasteiger partial charge on any atom is -0.497 e. The third-order valence-corrected chi connectivity index (χ3v) is 4.76. The molecule has 0 aliphatic carbocycles. The lowest BCUT2D eigenvalue weighted by Gasteiger charge is -2.35. The fourth-order valence-corrected chi connectivity index (χ4v) is 3.15. The van der Waals surface area contributed by atoms with Gasteiger partial charge in [0.2, 0.25) is 5.91 Å². The summed E-state index contributed by atoms with van der Waals surface area (Å²) in [4.78, 5) is 32.4. The summed E-state index contributed by atoms with van der Waals surface area (Å²) >= 11 is 0. The van der Waals surface area contributed by atoms with E-state index < -0.39 is 5.60 Å². The van der Waals surface area contributed by atoms with Gasteiger partial charge in [0.05, 0.1) is 13.3 Å². The van der Waals surface area contributed by atoms with E-state index in [1.807, 2.05) is 45.0 Å². The van der Waals surface area contributed by atoms with Crippen LogP contribution in [0.25, 0.3) is 11.3 Å². The maximum absolute atomic E-state index is 12.5. The summed E-state index contributed by atoms with van der Waals surface area (Å²) in [6.45, 7) is 7.47. The maximum Gasteiger partial charge on any atom is 0.410 e. The highest BCUT2D eigenvalue weighted by molar-refractivity contribution is 5.77. The third kappa shape index (κ3) is 5.75. The number of piperazine rings is 1. The zero-order valence-corrected chi connectivity index (χ0v) is 18.0. The lowest BCUT2D eigenvalue weighted by Crippen LogP contribution is -2.51. The van der Waals surface area contributed by atoms with Gasteiger partial charge in [-0.3, -0.25) is 4.79 Å². The number of rotatable bonds is 5. The van der Waals surface area contributed by atoms with Crippen molar-refractivity contribution in [2.24, 2.45) is 0 Å². The Labute approximate surface area is 176 Å². The standard InChI is InChI=1S/C22H29N3O5/c1-22(2,3)30-21(27)25-13-11-24(12-14-25)20(26)10-9-19-23-15-18(29-19)16-5-7-17(28-4)8-6-16/h5-8,15H,9-14H2,1-4H3. The van der Waals surface area contributed by atoms with E-state index in [9.17, 15) is 9.59 Å². The second-order valence-electron chi connectivity index (χ2n) is 8.19. The number of aromatic nitrogens is 1. The molecule has 8 heteroatoms. The summed E-state index contributed by atoms with van der Waals surface area (Å²) in [6.07, 6.45) is 2.08. The molecule has 0 unspecified atom stereocenters. The molecule has 0 radical (unpaired) electrons. The molecule has 0 N–H and O–H groups in total. The fourth-order valence-electron chi connectivity index (χ4n) is 3.15. The third-order valence-electron chi connectivity index (χ3n) is 4.76. The van der Waals surface area contributed by atoms with E-state index in [0.717, 1.165) is 11.3 Å². The number of amides is 2. The summed E-state index contributed by atoms with van der Waals surface area (Å²) in [7, 11) is 1.62. The van der Waals surface area contributed by atoms with Crippen LogP contribution in [-0.2, 0) is 16.0 Å². The van der Waals surface area contributed by atoms with Gasteiger partial charge in [-0.2, -0.15) is 0 Å². The van der Waals surface area contributed by atoms with Gasteiger partial charge < -0.3 is 23.7 Å². The van der Waals surface area contributed by atoms with Gasteiger partial charge in [0.15, 0.2) is 11.7 Å². The monoisotopic (exact) mass is 415 g/mol. The summed E-state index contributed by atoms with van der Waals surface area (Å²) in [5.41, 5.74) is 0.379. The molecule has 1 aliphatic heterocycles. The molecule has 2 aromatic rings. The summed E-state index contributed by atoms with van der Waals surface area (Å²) in [6, 6.07) is 7.52. The molecule has 2 heterocycles. The highest BCUT2D eigenvalue weighted by atomic mass is 16.6. The van der Waals surface area contributed by atoms with Gasteiger partial charge in [0.25, 0.3) is 0 Å². The number of oxazole rings is 1. The van der Waals surface area contributed by atoms with E-state index in [2.05, 4.69) is 4.98 Å². The van der Waals surface area contributed by atoms with Crippen molar-refractivity contribution in [3.63, 3.8) is 0 Å². The normalized spacial score (nSPS) is 14.5. The molecule has 0 saturated carbocycles. The second-order valence-corrected chi connectivity index (χ2v) is 8.19. The zero-order valence-electron chi connectivity index (χ0n) is 18.0. The van der Waals surface area contributed by atoms with Crippen LogP contribution in [0.4, 0.5) is 4.79 Å². The molecule has 0 atom stereocenters. The van der Waals surface area contributed by atoms with E-state index in [-0.39, 0.29) is 12.0 Å². The van der Waals surface area contributed by atoms with Crippen LogP contribution in [-0.4, -0.2) is 65.7 Å². The summed E-state index contributed by atoms with van der Waals surface area (Å²) < 4.78 is 16.3. The average molecular weight is 415 g/mol. The van der Waals surface area contributed by atoms with E-state index in [1.54, 1.807) is 23.1 Å². The lowest BCUT2D eigenvalue weighted by atomic mass is 10.2. The van der Waals surface area contributed by atoms with Crippen LogP contribution in [0.1, 0.15) is 33.1 Å². The minimum atomic E-state index is -0.523. The first-order valence-electron chi connectivity index (χ1n) is 10.1. The number of carbonyl (C=O) groups is 2. The molecule has 162 valence electrons. The van der Waals surface area contributed by atoms with Crippen molar-refractivity contribution in [2.75, 3.05) is 33.3 Å². The molecular formula is C22H29N3O5. The van der Waals surface area contributed by atoms with Crippen LogP contribution in [0.5, 0.6) is 5.75 Å². The SMILES string of the molecule is COc1ccc(-c2cnc(CCC(=O)N3CCN(C(=O)OC(C)(C)C)CC3)o2)cc1. The predicted octanol–water partition coefficient (Wildman–Crippen LogP) is 3.36. The van der Waals surface area contributed by atoms with Gasteiger partial charge in [-0.05, 0) is 45.0 Å². The van der Waals surface area contributed by atoms with Crippen LogP contribution in [0, 0.1) is 0 Å². The van der Waals surface area contributed by atoms with E-state index in [1.165, 1.54) is 0 Å². The quantitative estimate of drug-likeness (QED) is 0.744. The van der Waals surface area contributed by atoms with Crippen LogP contribution >= 0.6 is 0 Å². The van der Waals surface area contributed by atoms with Crippen molar-refractivity contribution in [3.05, 3.63) is 36.4 Å². The molecule has 1 aromatic carbocycles. The van der Waals surface area contributed by atoms with Gasteiger partial charge in [-0.1, -0.05) is 0 Å². The molecule has 0 spiro atoms. The van der Waals surface area contributed by atoms with Crippen molar-refractivity contribution >= 4 is 12.0 Å². The molecule has 1 aliphatic rings. The Balaban J connectivity index is 1.46. The van der Waals surface area contributed by atoms with Crippen molar-refractivity contribution in [3.8, 4) is 17.1 Å². The number of aryl methyl sites for hydroxylation is 1. The van der Waals surface area contributed by atoms with E-state index >= 15 is 0 Å². The number of ether oxygens (including phenoxy) is 2. The molecule has 1 saturated heterocycles. The second kappa shape index (κ2) is 9.19. The first-order valence-corrected chi connectivity index (χ1v) is 10.1. The van der Waals surface area contributed by atoms with Crippen LogP contribution < -0.4 is 4.74 Å². The Morgan fingerprint density at radius 1 is 1.07 bits per heavy atom. The molecule has 2 amide bonds. The fraction of sp³-hybridized carbons (Fsp3) is 0.500. The van der Waals surface area contributed by atoms with Gasteiger partial charge >= 0.3 is 6.09 Å². The Morgan fingerprint density at radius 3 is 2.30 bits per heavy atom. The Kier molecular flexibility index (Phi) is 6.64. The number of hydrogen-bond acceptors (Lipinski definition) is 6. The largest absolute Gasteiger partial charge is 0.497 e. The Morgan fingerprint density at radius 2 is 1.70 bits per heavy atom. The van der Waals surface area contributed by atoms with Crippen molar-refractivity contribution in [1.82, 2.24) is 14.8 Å². The highest BCUT2D eigenvalue weighted by Crippen LogP contribution is 2.23. The molecule has 1 fully saturated rings. The predicted molar refractivity (Wildman–Crippen MR) is 111 cm³/mol. The van der Waals surface area contributed by atoms with Gasteiger partial charge in [0.1, 0.15) is 11.4 Å². The molecule has 0 bridgehead atoms. The summed E-state index contributed by atoms with van der Waals surface area (Å²) in [5, 5.41) is 0. The van der Waals surface area contributed by atoms with Crippen molar-refractivity contribution in [1.29, 1.82) is 0 Å². The smallest absolute Gasteiger partial charge is 0.410 e. The average Bonchev–Trinajstić information content (AvgIpc) is 3.20. The van der Waals surface area contributed by atoms with Crippen molar-refractivity contribution in [2.45, 2.75) is 39.2 Å². The number of methoxy groups -OCH3 is 1. The first-order chi connectivity index (χ1) is 14.2. The van der Waals surface area contributed by atoms with Gasteiger partial charge in [-0.15, -0.1) is 0 Å². The molecule has 30 heavy (non-hydrogen) atoms. The molecule has 1 aromatic heterocycles. The van der Waals surface area contributed by atoms with Crippen LogP contribution in [0.15, 0.2) is 34.9 Å². The minimum absolute atomic E-state index is 0.0306. The van der Waals surface area contributed by atoms with Gasteiger partial charge in [0, 0.05) is 44.6 Å². The Hall–Kier alpha value is -3.03. The van der Waals surface area contributed by atoms with Gasteiger partial charge in [-0.25, -0.2) is 9.78 Å². The molecular weight excluding hydrogens is 386 g/mol. The zero-order chi connectivity index (χ0) is 21.7. The van der Waals surface area contributed by atoms with E-state index in [0.29, 0.717) is 50.7 Å². The first kappa shape index (κ1) is 21.7. The number of carbonyl (C=O) groups excluding carboxylic acids is 2. The summed E-state index contributed by atoms with van der Waals surface area (Å²) in [5.74, 6) is 1.99.